The van der Waals surface area contributed by atoms with Crippen molar-refractivity contribution in [3.8, 4) is 5.75 Å². The first-order valence-electron chi connectivity index (χ1n) is 5.72. The van der Waals surface area contributed by atoms with Crippen LogP contribution >= 0.6 is 15.9 Å². The van der Waals surface area contributed by atoms with Crippen molar-refractivity contribution in [2.45, 2.75) is 25.5 Å². The number of hydrogen-bond donors (Lipinski definition) is 0. The van der Waals surface area contributed by atoms with E-state index in [0.29, 0.717) is 12.6 Å². The van der Waals surface area contributed by atoms with Gasteiger partial charge in [-0.3, -0.25) is 0 Å². The fraction of sp³-hybridized carbons (Fsp3) is 0.308. The molecule has 0 amide bonds. The summed E-state index contributed by atoms with van der Waals surface area (Å²) in [5.74, 6) is 0.871. The summed E-state index contributed by atoms with van der Waals surface area (Å²) < 4.78 is 8.99. The minimum atomic E-state index is 0.569. The number of imidazole rings is 1. The van der Waals surface area contributed by atoms with Gasteiger partial charge in [0.1, 0.15) is 12.4 Å². The minimum absolute atomic E-state index is 0.569. The first-order valence-corrected chi connectivity index (χ1v) is 6.52. The van der Waals surface area contributed by atoms with Crippen molar-refractivity contribution >= 4 is 15.9 Å². The highest BCUT2D eigenvalue weighted by atomic mass is 79.9. The third-order valence-corrected chi connectivity index (χ3v) is 3.55. The van der Waals surface area contributed by atoms with Crippen LogP contribution in [0.2, 0.25) is 0 Å². The lowest BCUT2D eigenvalue weighted by Gasteiger charge is -2.09. The molecule has 88 valence electrons. The highest BCUT2D eigenvalue weighted by Gasteiger charge is 2.25. The Morgan fingerprint density at radius 3 is 2.94 bits per heavy atom. The molecule has 1 aliphatic rings. The Kier molecular flexibility index (Phi) is 2.89. The van der Waals surface area contributed by atoms with E-state index in [4.69, 9.17) is 4.74 Å². The Balaban J connectivity index is 1.71. The standard InChI is InChI=1S/C13H13BrN2O/c14-12-3-1-2-4-13(12)17-8-11-7-15-9-16(11)10-5-6-10/h1-4,7,9-10H,5-6,8H2. The van der Waals surface area contributed by atoms with Gasteiger partial charge in [0.2, 0.25) is 0 Å². The molecule has 1 saturated carbocycles. The molecule has 0 aliphatic heterocycles. The zero-order chi connectivity index (χ0) is 11.7. The van der Waals surface area contributed by atoms with Crippen LogP contribution in [0.4, 0.5) is 0 Å². The molecule has 0 radical (unpaired) electrons. The third kappa shape index (κ3) is 2.36. The van der Waals surface area contributed by atoms with Crippen LogP contribution in [0.3, 0.4) is 0 Å². The van der Waals surface area contributed by atoms with Crippen molar-refractivity contribution in [2.75, 3.05) is 0 Å². The lowest BCUT2D eigenvalue weighted by Crippen LogP contribution is -2.03. The molecule has 1 aliphatic carbocycles. The second kappa shape index (κ2) is 4.53. The van der Waals surface area contributed by atoms with Gasteiger partial charge < -0.3 is 9.30 Å². The Labute approximate surface area is 109 Å². The predicted molar refractivity (Wildman–Crippen MR) is 69.0 cm³/mol. The summed E-state index contributed by atoms with van der Waals surface area (Å²) in [7, 11) is 0. The molecule has 3 nitrogen and oxygen atoms in total. The fourth-order valence-corrected chi connectivity index (χ4v) is 2.24. The van der Waals surface area contributed by atoms with Gasteiger partial charge in [0.05, 0.1) is 22.7 Å². The van der Waals surface area contributed by atoms with Crippen molar-refractivity contribution in [3.05, 3.63) is 47.0 Å². The Morgan fingerprint density at radius 2 is 2.18 bits per heavy atom. The van der Waals surface area contributed by atoms with E-state index in [1.807, 2.05) is 36.8 Å². The van der Waals surface area contributed by atoms with Gasteiger partial charge in [0, 0.05) is 6.04 Å². The smallest absolute Gasteiger partial charge is 0.134 e. The lowest BCUT2D eigenvalue weighted by molar-refractivity contribution is 0.293. The molecule has 0 unspecified atom stereocenters. The molecule has 1 heterocycles. The van der Waals surface area contributed by atoms with Crippen molar-refractivity contribution in [1.82, 2.24) is 9.55 Å². The van der Waals surface area contributed by atoms with Crippen LogP contribution in [0.25, 0.3) is 0 Å². The van der Waals surface area contributed by atoms with E-state index in [0.717, 1.165) is 15.9 Å². The van der Waals surface area contributed by atoms with Crippen LogP contribution in [-0.2, 0) is 6.61 Å². The Hall–Kier alpha value is -1.29. The van der Waals surface area contributed by atoms with E-state index in [1.165, 1.54) is 12.8 Å². The molecule has 1 aromatic carbocycles. The van der Waals surface area contributed by atoms with Crippen molar-refractivity contribution in [2.24, 2.45) is 0 Å². The van der Waals surface area contributed by atoms with Gasteiger partial charge in [-0.2, -0.15) is 0 Å². The quantitative estimate of drug-likeness (QED) is 0.862. The molecule has 17 heavy (non-hydrogen) atoms. The molecule has 4 heteroatoms. The number of ether oxygens (including phenoxy) is 1. The first kappa shape index (κ1) is 10.8. The average molecular weight is 293 g/mol. The molecule has 0 N–H and O–H groups in total. The number of para-hydroxylation sites is 1. The minimum Gasteiger partial charge on any atom is -0.486 e. The number of aromatic nitrogens is 2. The van der Waals surface area contributed by atoms with E-state index < -0.39 is 0 Å². The summed E-state index contributed by atoms with van der Waals surface area (Å²) in [6.45, 7) is 0.569. The average Bonchev–Trinajstić information content (AvgIpc) is 3.08. The monoisotopic (exact) mass is 292 g/mol. The molecule has 0 spiro atoms. The van der Waals surface area contributed by atoms with Gasteiger partial charge in [-0.1, -0.05) is 12.1 Å². The summed E-state index contributed by atoms with van der Waals surface area (Å²) in [6.07, 6.45) is 6.31. The molecular weight excluding hydrogens is 280 g/mol. The molecule has 0 atom stereocenters. The maximum Gasteiger partial charge on any atom is 0.134 e. The molecule has 3 rings (SSSR count). The van der Waals surface area contributed by atoms with E-state index in [9.17, 15) is 0 Å². The number of halogens is 1. The van der Waals surface area contributed by atoms with Gasteiger partial charge in [-0.25, -0.2) is 4.98 Å². The van der Waals surface area contributed by atoms with Gasteiger partial charge in [0.15, 0.2) is 0 Å². The summed E-state index contributed by atoms with van der Waals surface area (Å²) in [5, 5.41) is 0. The van der Waals surface area contributed by atoms with Crippen LogP contribution < -0.4 is 4.74 Å². The summed E-state index contributed by atoms with van der Waals surface area (Å²) in [4.78, 5) is 4.19. The van der Waals surface area contributed by atoms with Crippen molar-refractivity contribution in [3.63, 3.8) is 0 Å². The van der Waals surface area contributed by atoms with Gasteiger partial charge >= 0.3 is 0 Å². The third-order valence-electron chi connectivity index (χ3n) is 2.90. The summed E-state index contributed by atoms with van der Waals surface area (Å²) in [6, 6.07) is 8.54. The predicted octanol–water partition coefficient (Wildman–Crippen LogP) is 3.56. The molecule has 1 fully saturated rings. The SMILES string of the molecule is Brc1ccccc1OCc1cncn1C1CC1. The fourth-order valence-electron chi connectivity index (χ4n) is 1.84. The number of nitrogens with zero attached hydrogens (tertiary/aromatic N) is 2. The zero-order valence-corrected chi connectivity index (χ0v) is 10.9. The van der Waals surface area contributed by atoms with E-state index in [-0.39, 0.29) is 0 Å². The number of benzene rings is 1. The highest BCUT2D eigenvalue weighted by Crippen LogP contribution is 2.36. The second-order valence-electron chi connectivity index (χ2n) is 4.24. The molecule has 1 aromatic heterocycles. The van der Waals surface area contributed by atoms with Crippen LogP contribution in [0.15, 0.2) is 41.3 Å². The summed E-state index contributed by atoms with van der Waals surface area (Å²) in [5.41, 5.74) is 1.14. The van der Waals surface area contributed by atoms with Crippen LogP contribution in [0.5, 0.6) is 5.75 Å². The maximum absolute atomic E-state index is 5.79. The normalized spacial score (nSPS) is 14.9. The van der Waals surface area contributed by atoms with Crippen molar-refractivity contribution < 1.29 is 4.74 Å². The topological polar surface area (TPSA) is 27.1 Å². The largest absolute Gasteiger partial charge is 0.486 e. The van der Waals surface area contributed by atoms with Crippen LogP contribution in [0.1, 0.15) is 24.6 Å². The number of hydrogen-bond acceptors (Lipinski definition) is 2. The van der Waals surface area contributed by atoms with Gasteiger partial charge in [-0.15, -0.1) is 0 Å². The lowest BCUT2D eigenvalue weighted by atomic mass is 10.3. The zero-order valence-electron chi connectivity index (χ0n) is 9.34. The molecular formula is C13H13BrN2O. The van der Waals surface area contributed by atoms with Gasteiger partial charge in [-0.05, 0) is 40.9 Å². The Morgan fingerprint density at radius 1 is 1.35 bits per heavy atom. The highest BCUT2D eigenvalue weighted by molar-refractivity contribution is 9.10. The number of rotatable bonds is 4. The molecule has 0 bridgehead atoms. The van der Waals surface area contributed by atoms with E-state index in [2.05, 4.69) is 25.5 Å². The molecule has 2 aromatic rings. The van der Waals surface area contributed by atoms with Crippen LogP contribution in [-0.4, -0.2) is 9.55 Å². The molecule has 0 saturated heterocycles. The van der Waals surface area contributed by atoms with E-state index in [1.54, 1.807) is 0 Å². The van der Waals surface area contributed by atoms with Crippen molar-refractivity contribution in [1.29, 1.82) is 0 Å². The van der Waals surface area contributed by atoms with Crippen LogP contribution in [0, 0.1) is 0 Å². The van der Waals surface area contributed by atoms with Gasteiger partial charge in [0.25, 0.3) is 0 Å². The summed E-state index contributed by atoms with van der Waals surface area (Å²) >= 11 is 3.47. The maximum atomic E-state index is 5.79. The first-order chi connectivity index (χ1) is 8.34. The second-order valence-corrected chi connectivity index (χ2v) is 5.10. The van der Waals surface area contributed by atoms with E-state index >= 15 is 0 Å². The Bertz CT molecular complexity index is 520.